The third-order valence-electron chi connectivity index (χ3n) is 2.53. The highest BCUT2D eigenvalue weighted by molar-refractivity contribution is 5.85. The predicted octanol–water partition coefficient (Wildman–Crippen LogP) is 4.05. The van der Waals surface area contributed by atoms with E-state index in [9.17, 15) is 0 Å². The topological polar surface area (TPSA) is 48.1 Å². The van der Waals surface area contributed by atoms with Crippen LogP contribution in [-0.4, -0.2) is 4.98 Å². The molecule has 5 heteroatoms. The van der Waals surface area contributed by atoms with Crippen LogP contribution >= 0.6 is 24.8 Å². The van der Waals surface area contributed by atoms with Crippen LogP contribution in [0.15, 0.2) is 42.6 Å². The molecule has 0 saturated carbocycles. The summed E-state index contributed by atoms with van der Waals surface area (Å²) in [4.78, 5) is 4.22. The summed E-state index contributed by atoms with van der Waals surface area (Å²) in [5.74, 6) is 1.37. The maximum atomic E-state index is 5.75. The van der Waals surface area contributed by atoms with Gasteiger partial charge in [-0.2, -0.15) is 0 Å². The Morgan fingerprint density at radius 2 is 1.68 bits per heavy atom. The summed E-state index contributed by atoms with van der Waals surface area (Å²) in [6, 6.07) is 11.6. The fourth-order valence-corrected chi connectivity index (χ4v) is 1.45. The van der Waals surface area contributed by atoms with Crippen molar-refractivity contribution in [3.8, 4) is 11.6 Å². The zero-order valence-corrected chi connectivity index (χ0v) is 12.5. The first-order valence-electron chi connectivity index (χ1n) is 5.61. The first kappa shape index (κ1) is 17.7. The van der Waals surface area contributed by atoms with Gasteiger partial charge in [-0.15, -0.1) is 24.8 Å². The average molecular weight is 301 g/mol. The number of rotatable bonds is 3. The minimum absolute atomic E-state index is 0. The van der Waals surface area contributed by atoms with Crippen molar-refractivity contribution < 1.29 is 4.74 Å². The highest BCUT2D eigenvalue weighted by Crippen LogP contribution is 2.20. The normalized spacial score (nSPS) is 10.9. The monoisotopic (exact) mass is 300 g/mol. The van der Waals surface area contributed by atoms with Gasteiger partial charge in [0.25, 0.3) is 0 Å². The first-order valence-corrected chi connectivity index (χ1v) is 5.61. The van der Waals surface area contributed by atoms with Crippen LogP contribution in [0.25, 0.3) is 0 Å². The largest absolute Gasteiger partial charge is 0.439 e. The van der Waals surface area contributed by atoms with E-state index in [4.69, 9.17) is 10.5 Å². The molecule has 19 heavy (non-hydrogen) atoms. The van der Waals surface area contributed by atoms with E-state index in [0.29, 0.717) is 5.88 Å². The van der Waals surface area contributed by atoms with Crippen molar-refractivity contribution in [1.29, 1.82) is 0 Å². The number of hydrogen-bond donors (Lipinski definition) is 1. The zero-order chi connectivity index (χ0) is 12.3. The molecule has 1 atom stereocenters. The molecule has 3 nitrogen and oxygen atoms in total. The highest BCUT2D eigenvalue weighted by atomic mass is 35.5. The van der Waals surface area contributed by atoms with Crippen LogP contribution in [0.3, 0.4) is 0 Å². The number of ether oxygens (including phenoxy) is 1. The van der Waals surface area contributed by atoms with Crippen LogP contribution in [0.2, 0.25) is 0 Å². The number of benzene rings is 1. The van der Waals surface area contributed by atoms with Gasteiger partial charge >= 0.3 is 0 Å². The van der Waals surface area contributed by atoms with E-state index >= 15 is 0 Å². The molecule has 2 N–H and O–H groups in total. The lowest BCUT2D eigenvalue weighted by atomic mass is 10.2. The van der Waals surface area contributed by atoms with Gasteiger partial charge in [0.05, 0.1) is 0 Å². The van der Waals surface area contributed by atoms with Crippen molar-refractivity contribution in [2.75, 3.05) is 0 Å². The van der Waals surface area contributed by atoms with Gasteiger partial charge in [0.15, 0.2) is 0 Å². The van der Waals surface area contributed by atoms with E-state index in [1.807, 2.05) is 50.2 Å². The van der Waals surface area contributed by atoms with Gasteiger partial charge in [-0.25, -0.2) is 4.98 Å². The Kier molecular flexibility index (Phi) is 7.45. The van der Waals surface area contributed by atoms with Crippen molar-refractivity contribution in [3.63, 3.8) is 0 Å². The number of pyridine rings is 1. The molecule has 0 aliphatic rings. The fraction of sp³-hybridized carbons (Fsp3) is 0.214. The van der Waals surface area contributed by atoms with Crippen LogP contribution < -0.4 is 10.5 Å². The molecule has 1 aromatic heterocycles. The number of hydrogen-bond acceptors (Lipinski definition) is 3. The smallest absolute Gasteiger partial charge is 0.219 e. The van der Waals surface area contributed by atoms with Crippen molar-refractivity contribution in [1.82, 2.24) is 4.98 Å². The summed E-state index contributed by atoms with van der Waals surface area (Å²) in [6.07, 6.45) is 1.74. The SMILES string of the molecule is Cc1ccc(Oc2ccc([C@H](C)N)cn2)cc1.Cl.Cl. The van der Waals surface area contributed by atoms with Crippen LogP contribution in [0.4, 0.5) is 0 Å². The van der Waals surface area contributed by atoms with Gasteiger partial charge in [-0.05, 0) is 31.5 Å². The lowest BCUT2D eigenvalue weighted by Gasteiger charge is -2.07. The van der Waals surface area contributed by atoms with E-state index in [2.05, 4.69) is 4.98 Å². The van der Waals surface area contributed by atoms with Gasteiger partial charge in [0, 0.05) is 18.3 Å². The second-order valence-corrected chi connectivity index (χ2v) is 4.13. The predicted molar refractivity (Wildman–Crippen MR) is 82.6 cm³/mol. The van der Waals surface area contributed by atoms with E-state index < -0.39 is 0 Å². The van der Waals surface area contributed by atoms with E-state index in [1.165, 1.54) is 5.56 Å². The van der Waals surface area contributed by atoms with Gasteiger partial charge in [-0.3, -0.25) is 0 Å². The minimum atomic E-state index is -0.00377. The van der Waals surface area contributed by atoms with Crippen molar-refractivity contribution >= 4 is 24.8 Å². The van der Waals surface area contributed by atoms with Crippen molar-refractivity contribution in [2.24, 2.45) is 5.73 Å². The molecule has 0 radical (unpaired) electrons. The average Bonchev–Trinajstić information content (AvgIpc) is 2.33. The third-order valence-corrected chi connectivity index (χ3v) is 2.53. The van der Waals surface area contributed by atoms with Crippen LogP contribution in [0.1, 0.15) is 24.1 Å². The third kappa shape index (κ3) is 5.07. The quantitative estimate of drug-likeness (QED) is 0.930. The Morgan fingerprint density at radius 3 is 2.16 bits per heavy atom. The van der Waals surface area contributed by atoms with Crippen LogP contribution in [0.5, 0.6) is 11.6 Å². The Balaban J connectivity index is 0.00000162. The molecular weight excluding hydrogens is 283 g/mol. The van der Waals surface area contributed by atoms with E-state index in [1.54, 1.807) is 6.20 Å². The maximum absolute atomic E-state index is 5.75. The number of aromatic nitrogens is 1. The molecule has 1 heterocycles. The molecule has 2 rings (SSSR count). The van der Waals surface area contributed by atoms with Crippen molar-refractivity contribution in [2.45, 2.75) is 19.9 Å². The molecule has 0 aliphatic carbocycles. The maximum Gasteiger partial charge on any atom is 0.219 e. The number of nitrogens with zero attached hydrogens (tertiary/aromatic N) is 1. The first-order chi connectivity index (χ1) is 8.15. The number of halogens is 2. The fourth-order valence-electron chi connectivity index (χ4n) is 1.45. The standard InChI is InChI=1S/C14H16N2O.2ClH/c1-10-3-6-13(7-4-10)17-14-8-5-12(9-16-14)11(2)15;;/h3-9,11H,15H2,1-2H3;2*1H/t11-;;/m0../s1. The molecule has 0 amide bonds. The van der Waals surface area contributed by atoms with E-state index in [-0.39, 0.29) is 30.9 Å². The summed E-state index contributed by atoms with van der Waals surface area (Å²) in [5, 5.41) is 0. The Labute approximate surface area is 126 Å². The number of nitrogens with two attached hydrogens (primary N) is 1. The summed E-state index contributed by atoms with van der Waals surface area (Å²) in [5.41, 5.74) is 7.96. The Bertz CT molecular complexity index is 484. The molecule has 0 aliphatic heterocycles. The van der Waals surface area contributed by atoms with Gasteiger partial charge in [-0.1, -0.05) is 23.8 Å². The zero-order valence-electron chi connectivity index (χ0n) is 10.9. The molecular formula is C14H18Cl2N2O. The highest BCUT2D eigenvalue weighted by Gasteiger charge is 2.01. The summed E-state index contributed by atoms with van der Waals surface area (Å²) >= 11 is 0. The molecule has 0 unspecified atom stereocenters. The lowest BCUT2D eigenvalue weighted by Crippen LogP contribution is -2.05. The second-order valence-electron chi connectivity index (χ2n) is 4.13. The second kappa shape index (κ2) is 8.00. The van der Waals surface area contributed by atoms with Crippen molar-refractivity contribution in [3.05, 3.63) is 53.7 Å². The molecule has 0 spiro atoms. The molecule has 0 bridgehead atoms. The molecule has 104 valence electrons. The van der Waals surface area contributed by atoms with Crippen LogP contribution in [-0.2, 0) is 0 Å². The van der Waals surface area contributed by atoms with Gasteiger partial charge < -0.3 is 10.5 Å². The van der Waals surface area contributed by atoms with E-state index in [0.717, 1.165) is 11.3 Å². The Morgan fingerprint density at radius 1 is 1.05 bits per heavy atom. The molecule has 0 saturated heterocycles. The molecule has 2 aromatic rings. The minimum Gasteiger partial charge on any atom is -0.439 e. The lowest BCUT2D eigenvalue weighted by molar-refractivity contribution is 0.462. The summed E-state index contributed by atoms with van der Waals surface area (Å²) < 4.78 is 5.62. The Hall–Kier alpha value is -1.29. The molecule has 1 aromatic carbocycles. The number of aryl methyl sites for hydroxylation is 1. The van der Waals surface area contributed by atoms with Gasteiger partial charge in [0.1, 0.15) is 5.75 Å². The molecule has 0 fully saturated rings. The summed E-state index contributed by atoms with van der Waals surface area (Å²) in [6.45, 7) is 3.97. The summed E-state index contributed by atoms with van der Waals surface area (Å²) in [7, 11) is 0. The van der Waals surface area contributed by atoms with Gasteiger partial charge in [0.2, 0.25) is 5.88 Å². The van der Waals surface area contributed by atoms with Crippen LogP contribution in [0, 0.1) is 6.92 Å².